The maximum Gasteiger partial charge on any atom is 0.308 e. The summed E-state index contributed by atoms with van der Waals surface area (Å²) in [5, 5.41) is 3.33. The zero-order chi connectivity index (χ0) is 30.6. The third kappa shape index (κ3) is 5.34. The van der Waals surface area contributed by atoms with Crippen LogP contribution in [0.3, 0.4) is 0 Å². The number of carbonyl (C=O) groups is 3. The van der Waals surface area contributed by atoms with Crippen molar-refractivity contribution in [1.82, 2.24) is 4.57 Å². The largest absolute Gasteiger partial charge is 0.497 e. The Morgan fingerprint density at radius 2 is 1.67 bits per heavy atom. The van der Waals surface area contributed by atoms with Gasteiger partial charge in [-0.2, -0.15) is 0 Å². The van der Waals surface area contributed by atoms with E-state index >= 15 is 0 Å². The third-order valence-corrected chi connectivity index (χ3v) is 11.4. The maximum atomic E-state index is 14.0. The molecule has 2 unspecified atom stereocenters. The van der Waals surface area contributed by atoms with Gasteiger partial charge in [0.05, 0.1) is 43.8 Å². The number of hydrogen-bond donors (Lipinski definition) is 1. The number of carbonyl (C=O) groups excluding carboxylic acids is 3. The molecule has 8 nitrogen and oxygen atoms in total. The molecule has 4 aromatic rings. The molecule has 3 heterocycles. The number of anilines is 2. The average molecular weight is 695 g/mol. The monoisotopic (exact) mass is 693 g/mol. The second-order valence-electron chi connectivity index (χ2n) is 9.70. The number of aromatic nitrogens is 1. The van der Waals surface area contributed by atoms with Crippen molar-refractivity contribution in [2.24, 2.45) is 5.92 Å². The minimum atomic E-state index is -0.888. The van der Waals surface area contributed by atoms with E-state index in [4.69, 9.17) is 51.1 Å². The summed E-state index contributed by atoms with van der Waals surface area (Å²) in [6.07, 6.45) is 0. The number of amides is 3. The lowest BCUT2D eigenvalue weighted by Gasteiger charge is -2.31. The van der Waals surface area contributed by atoms with E-state index in [1.165, 1.54) is 17.7 Å². The second kappa shape index (κ2) is 11.8. The smallest absolute Gasteiger partial charge is 0.308 e. The Kier molecular flexibility index (Phi) is 8.27. The molecule has 0 bridgehead atoms. The highest BCUT2D eigenvalue weighted by Gasteiger charge is 2.57. The molecule has 43 heavy (non-hydrogen) atoms. The van der Waals surface area contributed by atoms with E-state index in [0.717, 1.165) is 28.0 Å². The summed E-state index contributed by atoms with van der Waals surface area (Å²) in [5.74, 6) is -2.42. The van der Waals surface area contributed by atoms with Gasteiger partial charge >= 0.3 is 4.87 Å². The molecule has 0 radical (unpaired) electrons. The molecule has 1 fully saturated rings. The van der Waals surface area contributed by atoms with Crippen LogP contribution in [0.2, 0.25) is 20.1 Å². The van der Waals surface area contributed by atoms with Crippen molar-refractivity contribution in [2.45, 2.75) is 22.7 Å². The molecule has 3 atom stereocenters. The second-order valence-corrected chi connectivity index (χ2v) is 13.4. The Morgan fingerprint density at radius 1 is 0.930 bits per heavy atom. The number of rotatable bonds is 6. The van der Waals surface area contributed by atoms with E-state index in [1.54, 1.807) is 54.6 Å². The van der Waals surface area contributed by atoms with Crippen LogP contribution >= 0.6 is 69.5 Å². The number of imide groups is 1. The quantitative estimate of drug-likeness (QED) is 0.219. The van der Waals surface area contributed by atoms with Crippen LogP contribution in [0.25, 0.3) is 0 Å². The fourth-order valence-electron chi connectivity index (χ4n) is 5.25. The zero-order valence-corrected chi connectivity index (χ0v) is 26.6. The number of thioether (sulfide) groups is 1. The summed E-state index contributed by atoms with van der Waals surface area (Å²) in [6, 6.07) is 16.3. The first-order valence-electron chi connectivity index (χ1n) is 12.7. The normalized spacial score (nSPS) is 19.3. The van der Waals surface area contributed by atoms with E-state index in [2.05, 4.69) is 5.32 Å². The van der Waals surface area contributed by atoms with Crippen molar-refractivity contribution in [3.63, 3.8) is 0 Å². The SMILES string of the molecule is COc1ccc(N2C(=O)C3Sc4c(sc(=O)n4CC(=O)Nc4ccc(Cl)c(Cl)c4)[C@H](c4cccc(Cl)c4Cl)C3C2=O)cc1. The molecule has 1 aromatic heterocycles. The van der Waals surface area contributed by atoms with Crippen molar-refractivity contribution in [2.75, 3.05) is 17.3 Å². The summed E-state index contributed by atoms with van der Waals surface area (Å²) in [7, 11) is 1.52. The molecule has 0 spiro atoms. The summed E-state index contributed by atoms with van der Waals surface area (Å²) in [5.41, 5.74) is 1.31. The highest BCUT2D eigenvalue weighted by atomic mass is 35.5. The highest BCUT2D eigenvalue weighted by molar-refractivity contribution is 8.00. The lowest BCUT2D eigenvalue weighted by molar-refractivity contribution is -0.122. The van der Waals surface area contributed by atoms with Crippen LogP contribution < -0.4 is 19.8 Å². The van der Waals surface area contributed by atoms with Crippen LogP contribution in [-0.4, -0.2) is 34.6 Å². The van der Waals surface area contributed by atoms with Crippen LogP contribution in [0.4, 0.5) is 11.4 Å². The molecule has 2 aliphatic heterocycles. The van der Waals surface area contributed by atoms with Crippen LogP contribution in [-0.2, 0) is 20.9 Å². The summed E-state index contributed by atoms with van der Waals surface area (Å²) in [4.78, 5) is 55.6. The summed E-state index contributed by atoms with van der Waals surface area (Å²) < 4.78 is 6.53. The number of nitrogens with zero attached hydrogens (tertiary/aromatic N) is 2. The Balaban J connectivity index is 1.42. The number of fused-ring (bicyclic) bond motifs is 2. The molecular weight excluding hydrogens is 676 g/mol. The van der Waals surface area contributed by atoms with Gasteiger partial charge in [-0.1, -0.05) is 81.6 Å². The lowest BCUT2D eigenvalue weighted by Crippen LogP contribution is -2.33. The first kappa shape index (κ1) is 30.1. The van der Waals surface area contributed by atoms with E-state index < -0.39 is 39.7 Å². The van der Waals surface area contributed by atoms with Crippen molar-refractivity contribution < 1.29 is 19.1 Å². The van der Waals surface area contributed by atoms with Crippen LogP contribution in [0.15, 0.2) is 70.5 Å². The van der Waals surface area contributed by atoms with Gasteiger partial charge in [-0.25, -0.2) is 4.90 Å². The van der Waals surface area contributed by atoms with Crippen molar-refractivity contribution in [3.8, 4) is 5.75 Å². The van der Waals surface area contributed by atoms with Gasteiger partial charge < -0.3 is 10.1 Å². The molecule has 1 N–H and O–H groups in total. The summed E-state index contributed by atoms with van der Waals surface area (Å²) >= 11 is 27.1. The van der Waals surface area contributed by atoms with E-state index in [1.807, 2.05) is 0 Å². The fourth-order valence-corrected chi connectivity index (χ4v) is 8.74. The van der Waals surface area contributed by atoms with Crippen LogP contribution in [0.5, 0.6) is 5.75 Å². The Morgan fingerprint density at radius 3 is 2.37 bits per heavy atom. The van der Waals surface area contributed by atoms with Gasteiger partial charge in [0.25, 0.3) is 0 Å². The maximum absolute atomic E-state index is 14.0. The van der Waals surface area contributed by atoms with Gasteiger partial charge in [-0.3, -0.25) is 23.7 Å². The number of methoxy groups -OCH3 is 1. The number of thiazole rings is 1. The number of ether oxygens (including phenoxy) is 1. The van der Waals surface area contributed by atoms with Gasteiger partial charge in [0, 0.05) is 16.5 Å². The first-order valence-corrected chi connectivity index (χ1v) is 15.9. The molecule has 14 heteroatoms. The molecule has 1 saturated heterocycles. The predicted molar refractivity (Wildman–Crippen MR) is 171 cm³/mol. The molecule has 220 valence electrons. The minimum Gasteiger partial charge on any atom is -0.497 e. The van der Waals surface area contributed by atoms with Crippen molar-refractivity contribution >= 4 is 98.6 Å². The Bertz CT molecular complexity index is 1860. The number of nitrogens with one attached hydrogen (secondary N) is 1. The number of hydrogen-bond acceptors (Lipinski definition) is 7. The average Bonchev–Trinajstić information content (AvgIpc) is 3.43. The molecule has 0 saturated carbocycles. The van der Waals surface area contributed by atoms with Crippen LogP contribution in [0, 0.1) is 5.92 Å². The standard InChI is InChI=1S/C29H19Cl4N3O5S2/c1-41-15-8-6-14(7-9-15)36-26(38)22-21(16-3-2-4-18(31)23(16)33)25-28(42-24(22)27(36)39)35(29(40)43-25)12-20(37)34-13-5-10-17(30)19(32)11-13/h2-11,21-22,24H,12H2,1H3,(H,34,37)/t21-,22?,24?/m1/s1. The van der Waals surface area contributed by atoms with Crippen molar-refractivity contribution in [1.29, 1.82) is 0 Å². The van der Waals surface area contributed by atoms with Gasteiger partial charge in [0.15, 0.2) is 0 Å². The Hall–Kier alpha value is -2.99. The van der Waals surface area contributed by atoms with E-state index in [-0.39, 0.29) is 21.6 Å². The van der Waals surface area contributed by atoms with E-state index in [0.29, 0.717) is 37.6 Å². The van der Waals surface area contributed by atoms with E-state index in [9.17, 15) is 19.2 Å². The molecule has 0 aliphatic carbocycles. The van der Waals surface area contributed by atoms with Gasteiger partial charge in [0.1, 0.15) is 17.5 Å². The zero-order valence-electron chi connectivity index (χ0n) is 22.0. The number of benzene rings is 3. The first-order chi connectivity index (χ1) is 20.6. The molecule has 6 rings (SSSR count). The predicted octanol–water partition coefficient (Wildman–Crippen LogP) is 6.97. The molecule has 3 amide bonds. The fraction of sp³-hybridized carbons (Fsp3) is 0.172. The van der Waals surface area contributed by atoms with Gasteiger partial charge in [-0.15, -0.1) is 0 Å². The topological polar surface area (TPSA) is 97.7 Å². The van der Waals surface area contributed by atoms with Gasteiger partial charge in [0.2, 0.25) is 17.7 Å². The minimum absolute atomic E-state index is 0.221. The third-order valence-electron chi connectivity index (χ3n) is 7.20. The number of halogens is 4. The summed E-state index contributed by atoms with van der Waals surface area (Å²) in [6.45, 7) is -0.338. The molecule has 3 aromatic carbocycles. The van der Waals surface area contributed by atoms with Crippen LogP contribution in [0.1, 0.15) is 16.4 Å². The molecular formula is C29H19Cl4N3O5S2. The lowest BCUT2D eigenvalue weighted by atomic mass is 9.83. The van der Waals surface area contributed by atoms with Gasteiger partial charge in [-0.05, 0) is 54.1 Å². The Labute approximate surface area is 273 Å². The van der Waals surface area contributed by atoms with Crippen molar-refractivity contribution in [3.05, 3.63) is 101 Å². The molecule has 2 aliphatic rings. The highest BCUT2D eigenvalue weighted by Crippen LogP contribution is 2.55.